The summed E-state index contributed by atoms with van der Waals surface area (Å²) >= 11 is 0. The van der Waals surface area contributed by atoms with E-state index in [1.807, 2.05) is 0 Å². The zero-order valence-electron chi connectivity index (χ0n) is 16.7. The van der Waals surface area contributed by atoms with E-state index in [9.17, 15) is 28.3 Å². The highest BCUT2D eigenvalue weighted by Gasteiger charge is 2.48. The van der Waals surface area contributed by atoms with Gasteiger partial charge in [0.1, 0.15) is 17.8 Å². The second kappa shape index (κ2) is 7.26. The summed E-state index contributed by atoms with van der Waals surface area (Å²) in [7, 11) is 0. The molecule has 0 bridgehead atoms. The molecule has 5 rings (SSSR count). The summed E-state index contributed by atoms with van der Waals surface area (Å²) < 4.78 is 28.4. The van der Waals surface area contributed by atoms with Crippen molar-refractivity contribution < 1.29 is 23.5 Å². The Morgan fingerprint density at radius 3 is 2.77 bits per heavy atom. The van der Waals surface area contributed by atoms with E-state index in [0.717, 1.165) is 31.5 Å². The van der Waals surface area contributed by atoms with Gasteiger partial charge in [-0.3, -0.25) is 19.3 Å². The SMILES string of the molecule is O=C(CCc1ccc(F)cc1F)c1cn2c(c(O)c1=O)C(=O)N1C[C@@H]3CCCN3[C@@H]1C2. The molecule has 1 N–H and O–H groups in total. The van der Waals surface area contributed by atoms with Crippen LogP contribution in [-0.2, 0) is 13.0 Å². The molecule has 0 unspecified atom stereocenters. The first kappa shape index (κ1) is 19.9. The molecule has 0 spiro atoms. The van der Waals surface area contributed by atoms with E-state index >= 15 is 0 Å². The van der Waals surface area contributed by atoms with Crippen molar-refractivity contribution in [3.63, 3.8) is 0 Å². The summed E-state index contributed by atoms with van der Waals surface area (Å²) in [5, 5.41) is 10.5. The molecule has 0 aliphatic carbocycles. The summed E-state index contributed by atoms with van der Waals surface area (Å²) in [6, 6.07) is 3.39. The minimum atomic E-state index is -0.901. The van der Waals surface area contributed by atoms with Crippen LogP contribution in [0, 0.1) is 11.6 Å². The molecule has 7 nitrogen and oxygen atoms in total. The number of amides is 1. The third-order valence-corrected chi connectivity index (χ3v) is 6.59. The number of aryl methyl sites for hydroxylation is 1. The van der Waals surface area contributed by atoms with Crippen LogP contribution in [0.25, 0.3) is 0 Å². The van der Waals surface area contributed by atoms with Gasteiger partial charge in [-0.2, -0.15) is 0 Å². The molecule has 9 heteroatoms. The van der Waals surface area contributed by atoms with Gasteiger partial charge in [-0.1, -0.05) is 6.07 Å². The lowest BCUT2D eigenvalue weighted by atomic mass is 10.0. The van der Waals surface area contributed by atoms with Gasteiger partial charge in [0, 0.05) is 37.8 Å². The van der Waals surface area contributed by atoms with Gasteiger partial charge in [0.15, 0.2) is 17.2 Å². The molecular weight excluding hydrogens is 408 g/mol. The number of pyridine rings is 1. The van der Waals surface area contributed by atoms with Crippen molar-refractivity contribution in [2.75, 3.05) is 13.1 Å². The highest BCUT2D eigenvalue weighted by atomic mass is 19.1. The number of aromatic hydroxyl groups is 1. The summed E-state index contributed by atoms with van der Waals surface area (Å²) in [5.41, 5.74) is -1.07. The van der Waals surface area contributed by atoms with Gasteiger partial charge in [-0.15, -0.1) is 0 Å². The van der Waals surface area contributed by atoms with E-state index in [0.29, 0.717) is 13.1 Å². The molecule has 2 fully saturated rings. The predicted octanol–water partition coefficient (Wildman–Crippen LogP) is 1.91. The second-order valence-corrected chi connectivity index (χ2v) is 8.35. The number of aromatic nitrogens is 1. The van der Waals surface area contributed by atoms with Gasteiger partial charge in [0.05, 0.1) is 12.1 Å². The van der Waals surface area contributed by atoms with Crippen LogP contribution >= 0.6 is 0 Å². The average molecular weight is 429 g/mol. The van der Waals surface area contributed by atoms with Crippen LogP contribution in [0.3, 0.4) is 0 Å². The van der Waals surface area contributed by atoms with Crippen molar-refractivity contribution >= 4 is 11.7 Å². The number of fused-ring (bicyclic) bond motifs is 4. The first-order valence-electron chi connectivity index (χ1n) is 10.4. The van der Waals surface area contributed by atoms with Crippen LogP contribution in [0.5, 0.6) is 5.75 Å². The first-order valence-corrected chi connectivity index (χ1v) is 10.4. The monoisotopic (exact) mass is 429 g/mol. The third kappa shape index (κ3) is 3.15. The fourth-order valence-electron chi connectivity index (χ4n) is 5.03. The number of halogens is 2. The Hall–Kier alpha value is -3.07. The van der Waals surface area contributed by atoms with Gasteiger partial charge >= 0.3 is 0 Å². The normalized spacial score (nSPS) is 22.4. The molecule has 3 aliphatic heterocycles. The number of benzene rings is 1. The lowest BCUT2D eigenvalue weighted by molar-refractivity contribution is 0.0513. The van der Waals surface area contributed by atoms with Crippen LogP contribution in [0.2, 0.25) is 0 Å². The van der Waals surface area contributed by atoms with Crippen molar-refractivity contribution in [2.45, 2.75) is 44.4 Å². The Bertz CT molecular complexity index is 1160. The summed E-state index contributed by atoms with van der Waals surface area (Å²) in [6.07, 6.45) is 3.04. The van der Waals surface area contributed by atoms with Gasteiger partial charge in [0.25, 0.3) is 5.91 Å². The van der Waals surface area contributed by atoms with Crippen LogP contribution in [0.15, 0.2) is 29.2 Å². The van der Waals surface area contributed by atoms with Crippen LogP contribution < -0.4 is 5.43 Å². The van der Waals surface area contributed by atoms with Gasteiger partial charge in [-0.25, -0.2) is 8.78 Å². The summed E-state index contributed by atoms with van der Waals surface area (Å²) in [6.45, 7) is 1.81. The van der Waals surface area contributed by atoms with E-state index in [1.54, 1.807) is 4.90 Å². The largest absolute Gasteiger partial charge is 0.503 e. The van der Waals surface area contributed by atoms with Gasteiger partial charge < -0.3 is 14.6 Å². The lowest BCUT2D eigenvalue weighted by Gasteiger charge is -2.35. The maximum Gasteiger partial charge on any atom is 0.275 e. The van der Waals surface area contributed by atoms with Crippen LogP contribution in [0.4, 0.5) is 8.78 Å². The Balaban J connectivity index is 1.43. The Labute approximate surface area is 176 Å². The summed E-state index contributed by atoms with van der Waals surface area (Å²) in [4.78, 5) is 42.3. The molecule has 4 heterocycles. The molecule has 2 atom stereocenters. The number of carbonyl (C=O) groups excluding carboxylic acids is 2. The van der Waals surface area contributed by atoms with Crippen LogP contribution in [-0.4, -0.2) is 56.5 Å². The Morgan fingerprint density at radius 2 is 2.00 bits per heavy atom. The van der Waals surface area contributed by atoms with Crippen molar-refractivity contribution in [2.24, 2.45) is 0 Å². The molecule has 2 aromatic rings. The third-order valence-electron chi connectivity index (χ3n) is 6.59. The molecule has 0 saturated carbocycles. The zero-order chi connectivity index (χ0) is 21.9. The molecule has 3 aliphatic rings. The minimum absolute atomic E-state index is 0.0162. The van der Waals surface area contributed by atoms with E-state index in [-0.39, 0.29) is 41.9 Å². The number of nitrogens with zero attached hydrogens (tertiary/aromatic N) is 3. The standard InChI is InChI=1S/C22H21F2N3O4/c23-13-5-3-12(16(24)8-13)4-6-17(28)15-10-25-11-18-26-7-1-2-14(26)9-27(18)22(31)19(25)21(30)20(15)29/h3,5,8,10,14,18,30H,1-2,4,6-7,9,11H2/t14-,18-/m0/s1. The van der Waals surface area contributed by atoms with E-state index < -0.39 is 34.5 Å². The molecule has 1 amide bonds. The number of carbonyl (C=O) groups is 2. The number of rotatable bonds is 4. The lowest BCUT2D eigenvalue weighted by Crippen LogP contribution is -2.50. The van der Waals surface area contributed by atoms with Crippen LogP contribution in [0.1, 0.15) is 45.7 Å². The zero-order valence-corrected chi connectivity index (χ0v) is 16.7. The summed E-state index contributed by atoms with van der Waals surface area (Å²) in [5.74, 6) is -3.18. The van der Waals surface area contributed by atoms with Gasteiger partial charge in [0.2, 0.25) is 5.43 Å². The van der Waals surface area contributed by atoms with Crippen molar-refractivity contribution in [3.05, 3.63) is 63.1 Å². The average Bonchev–Trinajstić information content (AvgIpc) is 3.32. The minimum Gasteiger partial charge on any atom is -0.503 e. The fourth-order valence-corrected chi connectivity index (χ4v) is 5.03. The molecule has 162 valence electrons. The smallest absolute Gasteiger partial charge is 0.275 e. The molecule has 0 radical (unpaired) electrons. The first-order chi connectivity index (χ1) is 14.8. The maximum absolute atomic E-state index is 13.8. The molecule has 2 saturated heterocycles. The molecule has 1 aromatic heterocycles. The molecule has 1 aromatic carbocycles. The number of hydrogen-bond acceptors (Lipinski definition) is 5. The number of ketones is 1. The maximum atomic E-state index is 13.8. The van der Waals surface area contributed by atoms with Gasteiger partial charge in [-0.05, 0) is 30.9 Å². The highest BCUT2D eigenvalue weighted by molar-refractivity contribution is 6.00. The Kier molecular flexibility index (Phi) is 4.65. The van der Waals surface area contributed by atoms with Crippen molar-refractivity contribution in [3.8, 4) is 5.75 Å². The van der Waals surface area contributed by atoms with Crippen molar-refractivity contribution in [1.29, 1.82) is 0 Å². The molecule has 31 heavy (non-hydrogen) atoms. The number of Topliss-reactive ketones (excluding diaryl/α,β-unsaturated/α-hetero) is 1. The quantitative estimate of drug-likeness (QED) is 0.751. The van der Waals surface area contributed by atoms with Crippen molar-refractivity contribution in [1.82, 2.24) is 14.4 Å². The fraction of sp³-hybridized carbons (Fsp3) is 0.409. The second-order valence-electron chi connectivity index (χ2n) is 8.35. The Morgan fingerprint density at radius 1 is 1.19 bits per heavy atom. The molecular formula is C22H21F2N3O4. The van der Waals surface area contributed by atoms with E-state index in [4.69, 9.17) is 0 Å². The highest BCUT2D eigenvalue weighted by Crippen LogP contribution is 2.35. The number of hydrogen-bond donors (Lipinski definition) is 1. The van der Waals surface area contributed by atoms with E-state index in [1.165, 1.54) is 16.8 Å². The predicted molar refractivity (Wildman–Crippen MR) is 106 cm³/mol. The topological polar surface area (TPSA) is 82.8 Å². The van der Waals surface area contributed by atoms with E-state index in [2.05, 4.69) is 4.90 Å².